The average molecular weight is 455 g/mol. The Kier molecular flexibility index (Phi) is 5.37. The van der Waals surface area contributed by atoms with Crippen molar-refractivity contribution in [2.24, 2.45) is 0 Å². The van der Waals surface area contributed by atoms with Gasteiger partial charge in [0.15, 0.2) is 0 Å². The minimum Gasteiger partial charge on any atom is -0.390 e. The van der Waals surface area contributed by atoms with Crippen LogP contribution in [0.1, 0.15) is 29.7 Å². The number of aromatic nitrogens is 1. The lowest BCUT2D eigenvalue weighted by Gasteiger charge is -2.43. The summed E-state index contributed by atoms with van der Waals surface area (Å²) in [6, 6.07) is 17.9. The normalized spacial score (nSPS) is 25.0. The van der Waals surface area contributed by atoms with Crippen LogP contribution in [0.3, 0.4) is 0 Å². The molecule has 1 aromatic heterocycles. The van der Waals surface area contributed by atoms with Crippen molar-refractivity contribution in [3.8, 4) is 6.07 Å². The van der Waals surface area contributed by atoms with E-state index < -0.39 is 0 Å². The molecule has 174 valence electrons. The van der Waals surface area contributed by atoms with Gasteiger partial charge in [-0.25, -0.2) is 0 Å². The second-order valence-electron chi connectivity index (χ2n) is 9.77. The summed E-state index contributed by atoms with van der Waals surface area (Å²) in [6.45, 7) is 8.26. The number of nitrogens with one attached hydrogen (secondary N) is 1. The summed E-state index contributed by atoms with van der Waals surface area (Å²) in [5.41, 5.74) is 6.57. The van der Waals surface area contributed by atoms with Crippen LogP contribution < -0.4 is 15.1 Å². The lowest BCUT2D eigenvalue weighted by Crippen LogP contribution is -2.51. The van der Waals surface area contributed by atoms with Crippen LogP contribution >= 0.6 is 0 Å². The number of nitrogens with zero attached hydrogens (tertiary/aromatic N) is 5. The average Bonchev–Trinajstić information content (AvgIpc) is 3.09. The first-order chi connectivity index (χ1) is 16.6. The van der Waals surface area contributed by atoms with Crippen LogP contribution in [0.2, 0.25) is 0 Å². The van der Waals surface area contributed by atoms with Gasteiger partial charge in [-0.05, 0) is 54.4 Å². The molecule has 2 fully saturated rings. The second-order valence-corrected chi connectivity index (χ2v) is 9.77. The van der Waals surface area contributed by atoms with Gasteiger partial charge in [-0.1, -0.05) is 6.07 Å². The fourth-order valence-corrected chi connectivity index (χ4v) is 5.96. The molecular formula is C27H30N6O. The molecule has 0 amide bonds. The Hall–Kier alpha value is -3.18. The first kappa shape index (κ1) is 21.4. The van der Waals surface area contributed by atoms with Crippen LogP contribution in [0, 0.1) is 11.3 Å². The SMILES string of the molecule is CC1CN(c2ccc(C#N)c3ncccc23)CC2c3ccc(N4CCNCC(O)C4)cc3CN12. The minimum absolute atomic E-state index is 0.339. The molecule has 0 spiro atoms. The largest absolute Gasteiger partial charge is 0.390 e. The minimum atomic E-state index is -0.340. The van der Waals surface area contributed by atoms with Gasteiger partial charge < -0.3 is 20.2 Å². The van der Waals surface area contributed by atoms with Gasteiger partial charge >= 0.3 is 0 Å². The summed E-state index contributed by atoms with van der Waals surface area (Å²) in [6.07, 6.45) is 1.42. The molecule has 4 heterocycles. The maximum absolute atomic E-state index is 10.2. The molecule has 34 heavy (non-hydrogen) atoms. The number of hydrogen-bond acceptors (Lipinski definition) is 7. The summed E-state index contributed by atoms with van der Waals surface area (Å²) in [5, 5.41) is 24.1. The van der Waals surface area contributed by atoms with E-state index in [1.165, 1.54) is 16.8 Å². The highest BCUT2D eigenvalue weighted by molar-refractivity contribution is 5.95. The molecule has 3 aromatic rings. The monoisotopic (exact) mass is 454 g/mol. The molecule has 3 aliphatic heterocycles. The molecule has 7 heteroatoms. The number of β-amino-alcohol motifs (C(OH)–C–C–N with tert-alkyl or cyclic N) is 1. The van der Waals surface area contributed by atoms with E-state index >= 15 is 0 Å². The number of fused-ring (bicyclic) bond motifs is 4. The Morgan fingerprint density at radius 2 is 2.03 bits per heavy atom. The number of piperazine rings is 1. The quantitative estimate of drug-likeness (QED) is 0.616. The van der Waals surface area contributed by atoms with Crippen molar-refractivity contribution in [1.29, 1.82) is 5.26 Å². The second kappa shape index (κ2) is 8.55. The van der Waals surface area contributed by atoms with Crippen molar-refractivity contribution in [3.63, 3.8) is 0 Å². The predicted octanol–water partition coefficient (Wildman–Crippen LogP) is 2.64. The first-order valence-electron chi connectivity index (χ1n) is 12.2. The number of aliphatic hydroxyl groups excluding tert-OH is 1. The summed E-state index contributed by atoms with van der Waals surface area (Å²) in [5.74, 6) is 0. The molecule has 0 saturated carbocycles. The van der Waals surface area contributed by atoms with Crippen molar-refractivity contribution in [1.82, 2.24) is 15.2 Å². The van der Waals surface area contributed by atoms with Crippen LogP contribution in [0.25, 0.3) is 10.9 Å². The Morgan fingerprint density at radius 1 is 1.12 bits per heavy atom. The van der Waals surface area contributed by atoms with E-state index in [4.69, 9.17) is 0 Å². The highest BCUT2D eigenvalue weighted by atomic mass is 16.3. The molecule has 2 N–H and O–H groups in total. The molecular weight excluding hydrogens is 424 g/mol. The zero-order valence-electron chi connectivity index (χ0n) is 19.5. The number of pyridine rings is 1. The fraction of sp³-hybridized carbons (Fsp3) is 0.407. The van der Waals surface area contributed by atoms with E-state index in [9.17, 15) is 10.4 Å². The molecule has 2 saturated heterocycles. The molecule has 0 bridgehead atoms. The topological polar surface area (TPSA) is 78.7 Å². The van der Waals surface area contributed by atoms with Gasteiger partial charge in [0.1, 0.15) is 6.07 Å². The van der Waals surface area contributed by atoms with E-state index in [2.05, 4.69) is 68.3 Å². The van der Waals surface area contributed by atoms with E-state index in [1.54, 1.807) is 6.20 Å². The maximum atomic E-state index is 10.2. The molecule has 7 nitrogen and oxygen atoms in total. The van der Waals surface area contributed by atoms with Crippen LogP contribution in [0.15, 0.2) is 48.7 Å². The highest BCUT2D eigenvalue weighted by Crippen LogP contribution is 2.42. The third-order valence-corrected chi connectivity index (χ3v) is 7.63. The molecule has 3 atom stereocenters. The third kappa shape index (κ3) is 3.59. The molecule has 3 unspecified atom stereocenters. The molecule has 0 aliphatic carbocycles. The van der Waals surface area contributed by atoms with Crippen LogP contribution in [-0.4, -0.2) is 66.4 Å². The van der Waals surface area contributed by atoms with Gasteiger partial charge in [0, 0.05) is 74.8 Å². The Balaban J connectivity index is 1.31. The number of benzene rings is 2. The smallest absolute Gasteiger partial charge is 0.101 e. The van der Waals surface area contributed by atoms with Gasteiger partial charge in [0.25, 0.3) is 0 Å². The number of anilines is 2. The zero-order chi connectivity index (χ0) is 23.2. The highest BCUT2D eigenvalue weighted by Gasteiger charge is 2.39. The number of nitriles is 1. The first-order valence-corrected chi connectivity index (χ1v) is 12.2. The van der Waals surface area contributed by atoms with Crippen molar-refractivity contribution in [2.75, 3.05) is 49.1 Å². The number of hydrogen-bond donors (Lipinski definition) is 2. The maximum Gasteiger partial charge on any atom is 0.101 e. The van der Waals surface area contributed by atoms with Crippen molar-refractivity contribution >= 4 is 22.3 Å². The van der Waals surface area contributed by atoms with Gasteiger partial charge in [-0.3, -0.25) is 9.88 Å². The van der Waals surface area contributed by atoms with Crippen molar-refractivity contribution in [3.05, 3.63) is 65.4 Å². The van der Waals surface area contributed by atoms with Crippen LogP contribution in [-0.2, 0) is 6.54 Å². The summed E-state index contributed by atoms with van der Waals surface area (Å²) >= 11 is 0. The third-order valence-electron chi connectivity index (χ3n) is 7.63. The van der Waals surface area contributed by atoms with Crippen molar-refractivity contribution < 1.29 is 5.11 Å². The number of aliphatic hydroxyl groups is 1. The molecule has 6 rings (SSSR count). The van der Waals surface area contributed by atoms with Crippen LogP contribution in [0.5, 0.6) is 0 Å². The van der Waals surface area contributed by atoms with Gasteiger partial charge in [0.05, 0.1) is 23.2 Å². The molecule has 0 radical (unpaired) electrons. The lowest BCUT2D eigenvalue weighted by molar-refractivity contribution is 0.134. The Labute approximate surface area is 200 Å². The van der Waals surface area contributed by atoms with E-state index in [0.717, 1.165) is 49.3 Å². The lowest BCUT2D eigenvalue weighted by atomic mass is 9.99. The van der Waals surface area contributed by atoms with Gasteiger partial charge in [-0.15, -0.1) is 0 Å². The molecule has 3 aliphatic rings. The van der Waals surface area contributed by atoms with E-state index in [-0.39, 0.29) is 6.10 Å². The summed E-state index contributed by atoms with van der Waals surface area (Å²) in [4.78, 5) is 11.9. The zero-order valence-corrected chi connectivity index (χ0v) is 19.5. The van der Waals surface area contributed by atoms with E-state index in [1.807, 2.05) is 12.1 Å². The van der Waals surface area contributed by atoms with Gasteiger partial charge in [-0.2, -0.15) is 5.26 Å². The summed E-state index contributed by atoms with van der Waals surface area (Å²) in [7, 11) is 0. The Bertz CT molecular complexity index is 1270. The standard InChI is InChI=1S/C27H30N6O/c1-18-14-32(25-7-4-19(12-28)27-24(25)3-2-8-30-27)17-26-23-6-5-21(11-20(23)15-33(18)26)31-10-9-29-13-22(34)16-31/h2-8,11,18,22,26,29,34H,9-10,13-17H2,1H3. The summed E-state index contributed by atoms with van der Waals surface area (Å²) < 4.78 is 0. The van der Waals surface area contributed by atoms with Crippen molar-refractivity contribution in [2.45, 2.75) is 31.7 Å². The van der Waals surface area contributed by atoms with E-state index in [0.29, 0.717) is 30.7 Å². The fourth-order valence-electron chi connectivity index (χ4n) is 5.96. The number of rotatable bonds is 2. The predicted molar refractivity (Wildman–Crippen MR) is 134 cm³/mol. The van der Waals surface area contributed by atoms with Gasteiger partial charge in [0.2, 0.25) is 0 Å². The Morgan fingerprint density at radius 3 is 2.91 bits per heavy atom. The molecule has 2 aromatic carbocycles. The van der Waals surface area contributed by atoms with Crippen LogP contribution in [0.4, 0.5) is 11.4 Å².